The summed E-state index contributed by atoms with van der Waals surface area (Å²) in [5.41, 5.74) is 0.141. The molecule has 2 amide bonds. The van der Waals surface area contributed by atoms with E-state index in [1.54, 1.807) is 16.0 Å². The number of aliphatic hydroxyl groups excluding tert-OH is 1. The van der Waals surface area contributed by atoms with Crippen LogP contribution in [0.2, 0.25) is 0 Å². The van der Waals surface area contributed by atoms with Crippen molar-refractivity contribution < 1.29 is 14.7 Å². The normalized spacial score (nSPS) is 20.0. The van der Waals surface area contributed by atoms with Gasteiger partial charge in [-0.2, -0.15) is 5.26 Å². The van der Waals surface area contributed by atoms with Crippen LogP contribution in [-0.2, 0) is 9.59 Å². The second-order valence-electron chi connectivity index (χ2n) is 6.05. The quantitative estimate of drug-likeness (QED) is 0.507. The van der Waals surface area contributed by atoms with E-state index in [0.717, 1.165) is 26.2 Å². The zero-order valence-corrected chi connectivity index (χ0v) is 14.1. The molecule has 2 aliphatic heterocycles. The molecule has 8 nitrogen and oxygen atoms in total. The van der Waals surface area contributed by atoms with Crippen molar-refractivity contribution in [1.29, 1.82) is 5.26 Å². The topological polar surface area (TPSA) is 91.1 Å². The molecule has 0 spiro atoms. The van der Waals surface area contributed by atoms with Gasteiger partial charge in [-0.05, 0) is 0 Å². The molecule has 2 saturated heterocycles. The summed E-state index contributed by atoms with van der Waals surface area (Å²) in [4.78, 5) is 31.3. The Morgan fingerprint density at radius 3 is 2.12 bits per heavy atom. The van der Waals surface area contributed by atoms with Crippen LogP contribution in [0, 0.1) is 11.3 Å². The Bertz CT molecular complexity index is 526. The monoisotopic (exact) mass is 335 g/mol. The van der Waals surface area contributed by atoms with Crippen molar-refractivity contribution in [3.05, 3.63) is 11.8 Å². The number of hydrogen-bond donors (Lipinski definition) is 1. The SMILES string of the molecule is CC(=O)N1CCN(C(=O)/C(C#N)=C\N2CCN(CCO)CC2)CC1. The van der Waals surface area contributed by atoms with Gasteiger partial charge in [0.1, 0.15) is 11.6 Å². The first-order valence-electron chi connectivity index (χ1n) is 8.29. The van der Waals surface area contributed by atoms with Crippen molar-refractivity contribution in [3.8, 4) is 6.07 Å². The molecular weight excluding hydrogens is 310 g/mol. The molecule has 2 aliphatic rings. The Balaban J connectivity index is 1.90. The van der Waals surface area contributed by atoms with Gasteiger partial charge in [-0.25, -0.2) is 0 Å². The van der Waals surface area contributed by atoms with Gasteiger partial charge in [0.05, 0.1) is 6.61 Å². The molecular formula is C16H25N5O3. The largest absolute Gasteiger partial charge is 0.395 e. The minimum absolute atomic E-state index is 0.0129. The highest BCUT2D eigenvalue weighted by atomic mass is 16.3. The van der Waals surface area contributed by atoms with E-state index in [1.165, 1.54) is 6.92 Å². The first-order valence-corrected chi connectivity index (χ1v) is 8.29. The number of hydrogen-bond acceptors (Lipinski definition) is 6. The summed E-state index contributed by atoms with van der Waals surface area (Å²) in [5, 5.41) is 18.3. The predicted molar refractivity (Wildman–Crippen MR) is 87.6 cm³/mol. The molecule has 0 aromatic carbocycles. The summed E-state index contributed by atoms with van der Waals surface area (Å²) in [7, 11) is 0. The van der Waals surface area contributed by atoms with Gasteiger partial charge < -0.3 is 19.8 Å². The summed E-state index contributed by atoms with van der Waals surface area (Å²) in [6.07, 6.45) is 1.65. The number of carbonyl (C=O) groups excluding carboxylic acids is 2. The minimum Gasteiger partial charge on any atom is -0.395 e. The lowest BCUT2D eigenvalue weighted by Gasteiger charge is -2.35. The molecule has 24 heavy (non-hydrogen) atoms. The number of piperazine rings is 2. The van der Waals surface area contributed by atoms with Crippen molar-refractivity contribution in [2.45, 2.75) is 6.92 Å². The van der Waals surface area contributed by atoms with Crippen LogP contribution in [0.25, 0.3) is 0 Å². The average Bonchev–Trinajstić information content (AvgIpc) is 2.61. The van der Waals surface area contributed by atoms with Crippen molar-refractivity contribution in [1.82, 2.24) is 19.6 Å². The Kier molecular flexibility index (Phi) is 6.58. The van der Waals surface area contributed by atoms with Gasteiger partial charge >= 0.3 is 0 Å². The van der Waals surface area contributed by atoms with Gasteiger partial charge in [0.2, 0.25) is 5.91 Å². The van der Waals surface area contributed by atoms with Crippen LogP contribution in [0.5, 0.6) is 0 Å². The second kappa shape index (κ2) is 8.66. The number of nitriles is 1. The van der Waals surface area contributed by atoms with E-state index in [4.69, 9.17) is 5.11 Å². The summed E-state index contributed by atoms with van der Waals surface area (Å²) < 4.78 is 0. The molecule has 0 aromatic heterocycles. The van der Waals surface area contributed by atoms with Crippen LogP contribution in [0.3, 0.4) is 0 Å². The average molecular weight is 335 g/mol. The molecule has 2 fully saturated rings. The first kappa shape index (κ1) is 18.2. The van der Waals surface area contributed by atoms with Crippen LogP contribution in [0.1, 0.15) is 6.92 Å². The lowest BCUT2D eigenvalue weighted by molar-refractivity contribution is -0.136. The highest BCUT2D eigenvalue weighted by molar-refractivity contribution is 5.97. The van der Waals surface area contributed by atoms with Crippen LogP contribution < -0.4 is 0 Å². The maximum absolute atomic E-state index is 12.5. The molecule has 8 heteroatoms. The fraction of sp³-hybridized carbons (Fsp3) is 0.688. The fourth-order valence-electron chi connectivity index (χ4n) is 2.97. The summed E-state index contributed by atoms with van der Waals surface area (Å²) in [6.45, 7) is 7.35. The lowest BCUT2D eigenvalue weighted by atomic mass is 10.2. The summed E-state index contributed by atoms with van der Waals surface area (Å²) in [6, 6.07) is 2.01. The van der Waals surface area contributed by atoms with Crippen molar-refractivity contribution in [2.24, 2.45) is 0 Å². The Morgan fingerprint density at radius 1 is 1.04 bits per heavy atom. The predicted octanol–water partition coefficient (Wildman–Crippen LogP) is -1.31. The Morgan fingerprint density at radius 2 is 1.62 bits per heavy atom. The van der Waals surface area contributed by atoms with E-state index in [0.29, 0.717) is 32.7 Å². The summed E-state index contributed by atoms with van der Waals surface area (Å²) in [5.74, 6) is -0.252. The molecule has 0 atom stereocenters. The summed E-state index contributed by atoms with van der Waals surface area (Å²) >= 11 is 0. The van der Waals surface area contributed by atoms with E-state index in [2.05, 4.69) is 4.90 Å². The standard InChI is InChI=1S/C16H25N5O3/c1-14(23)20-6-8-21(9-7-20)16(24)15(12-17)13-19-4-2-18(3-5-19)10-11-22/h13,22H,2-11H2,1H3/b15-13-. The number of aliphatic hydroxyl groups is 1. The number of rotatable bonds is 4. The molecule has 0 saturated carbocycles. The van der Waals surface area contributed by atoms with E-state index < -0.39 is 0 Å². The lowest BCUT2D eigenvalue weighted by Crippen LogP contribution is -2.50. The van der Waals surface area contributed by atoms with Crippen molar-refractivity contribution in [3.63, 3.8) is 0 Å². The molecule has 132 valence electrons. The third kappa shape index (κ3) is 4.69. The van der Waals surface area contributed by atoms with E-state index >= 15 is 0 Å². The van der Waals surface area contributed by atoms with Crippen LogP contribution >= 0.6 is 0 Å². The molecule has 2 rings (SSSR count). The third-order valence-electron chi connectivity index (χ3n) is 4.50. The minimum atomic E-state index is -0.265. The van der Waals surface area contributed by atoms with Gasteiger partial charge in [-0.1, -0.05) is 0 Å². The van der Waals surface area contributed by atoms with E-state index in [-0.39, 0.29) is 24.0 Å². The molecule has 0 radical (unpaired) electrons. The molecule has 0 unspecified atom stereocenters. The van der Waals surface area contributed by atoms with E-state index in [9.17, 15) is 14.9 Å². The Labute approximate surface area is 142 Å². The number of nitrogens with zero attached hydrogens (tertiary/aromatic N) is 5. The zero-order chi connectivity index (χ0) is 17.5. The smallest absolute Gasteiger partial charge is 0.266 e. The molecule has 0 bridgehead atoms. The van der Waals surface area contributed by atoms with Gasteiger partial charge in [-0.3, -0.25) is 14.5 Å². The van der Waals surface area contributed by atoms with Gasteiger partial charge in [0.15, 0.2) is 0 Å². The van der Waals surface area contributed by atoms with Crippen LogP contribution in [-0.4, -0.2) is 102 Å². The maximum Gasteiger partial charge on any atom is 0.266 e. The number of β-amino-alcohol motifs (C(OH)–C–C–N with tert-alkyl or cyclic N) is 1. The molecule has 2 heterocycles. The highest BCUT2D eigenvalue weighted by Crippen LogP contribution is 2.10. The molecule has 1 N–H and O–H groups in total. The Hall–Kier alpha value is -2.11. The number of carbonyl (C=O) groups is 2. The van der Waals surface area contributed by atoms with Crippen LogP contribution in [0.15, 0.2) is 11.8 Å². The first-order chi connectivity index (χ1) is 11.5. The number of amides is 2. The third-order valence-corrected chi connectivity index (χ3v) is 4.50. The van der Waals surface area contributed by atoms with Gasteiger partial charge in [0.25, 0.3) is 5.91 Å². The van der Waals surface area contributed by atoms with Gasteiger partial charge in [-0.15, -0.1) is 0 Å². The van der Waals surface area contributed by atoms with Crippen LogP contribution in [0.4, 0.5) is 0 Å². The maximum atomic E-state index is 12.5. The van der Waals surface area contributed by atoms with Gasteiger partial charge in [0, 0.05) is 72.0 Å². The second-order valence-corrected chi connectivity index (χ2v) is 6.05. The fourth-order valence-corrected chi connectivity index (χ4v) is 2.97. The zero-order valence-electron chi connectivity index (χ0n) is 14.1. The highest BCUT2D eigenvalue weighted by Gasteiger charge is 2.25. The van der Waals surface area contributed by atoms with Crippen molar-refractivity contribution >= 4 is 11.8 Å². The molecule has 0 aliphatic carbocycles. The molecule has 0 aromatic rings. The van der Waals surface area contributed by atoms with Crippen molar-refractivity contribution in [2.75, 3.05) is 65.5 Å². The van der Waals surface area contributed by atoms with E-state index in [1.807, 2.05) is 11.0 Å².